The number of aryl methyl sites for hydroxylation is 1. The fourth-order valence-corrected chi connectivity index (χ4v) is 3.02. The van der Waals surface area contributed by atoms with Gasteiger partial charge in [0, 0.05) is 54.9 Å². The Kier molecular flexibility index (Phi) is 6.54. The summed E-state index contributed by atoms with van der Waals surface area (Å²) < 4.78 is 1.78. The van der Waals surface area contributed by atoms with Crippen molar-refractivity contribution in [3.63, 3.8) is 0 Å². The molecule has 2 heterocycles. The van der Waals surface area contributed by atoms with Crippen molar-refractivity contribution in [2.24, 2.45) is 12.0 Å². The maximum Gasteiger partial charge on any atom is 0.161 e. The molecule has 0 amide bonds. The molecule has 2 aromatic heterocycles. The molecule has 6 heteroatoms. The summed E-state index contributed by atoms with van der Waals surface area (Å²) in [6, 6.07) is 8.50. The van der Waals surface area contributed by atoms with E-state index in [1.54, 1.807) is 4.68 Å². The van der Waals surface area contributed by atoms with Gasteiger partial charge in [-0.05, 0) is 44.9 Å². The first-order valence-electron chi connectivity index (χ1n) is 9.91. The Morgan fingerprint density at radius 2 is 2.07 bits per heavy atom. The van der Waals surface area contributed by atoms with Crippen molar-refractivity contribution in [2.75, 3.05) is 11.9 Å². The molecule has 0 atom stereocenters. The van der Waals surface area contributed by atoms with Crippen LogP contribution in [0.3, 0.4) is 0 Å². The van der Waals surface area contributed by atoms with Crippen LogP contribution < -0.4 is 5.32 Å². The third-order valence-corrected chi connectivity index (χ3v) is 4.41. The quantitative estimate of drug-likeness (QED) is 0.587. The second kappa shape index (κ2) is 9.28. The van der Waals surface area contributed by atoms with Crippen LogP contribution in [0.4, 0.5) is 5.82 Å². The van der Waals surface area contributed by atoms with Crippen molar-refractivity contribution in [1.82, 2.24) is 19.7 Å². The molecule has 0 unspecified atom stereocenters. The van der Waals surface area contributed by atoms with E-state index in [-0.39, 0.29) is 6.04 Å². The van der Waals surface area contributed by atoms with Crippen LogP contribution in [0.2, 0.25) is 0 Å². The first-order chi connectivity index (χ1) is 14.0. The predicted molar refractivity (Wildman–Crippen MR) is 121 cm³/mol. The topological polar surface area (TPSA) is 68.0 Å². The normalized spacial score (nSPS) is 12.1. The minimum absolute atomic E-state index is 0.249. The van der Waals surface area contributed by atoms with Crippen LogP contribution >= 0.6 is 0 Å². The van der Waals surface area contributed by atoms with Crippen molar-refractivity contribution < 1.29 is 0 Å². The molecule has 0 bridgehead atoms. The Hall–Kier alpha value is -3.28. The lowest BCUT2D eigenvalue weighted by atomic mass is 10.0. The summed E-state index contributed by atoms with van der Waals surface area (Å²) in [7, 11) is 1.90. The molecule has 0 fully saturated rings. The summed E-state index contributed by atoms with van der Waals surface area (Å²) in [5.41, 5.74) is 5.08. The molecular formula is C23H28N6. The van der Waals surface area contributed by atoms with E-state index in [9.17, 15) is 0 Å². The minimum atomic E-state index is 0.249. The second-order valence-corrected chi connectivity index (χ2v) is 7.11. The molecule has 6 nitrogen and oxygen atoms in total. The van der Waals surface area contributed by atoms with Crippen LogP contribution in [0, 0.1) is 0 Å². The number of rotatable bonds is 7. The molecule has 0 aliphatic carbocycles. The first kappa shape index (κ1) is 20.5. The van der Waals surface area contributed by atoms with Crippen molar-refractivity contribution >= 4 is 17.6 Å². The van der Waals surface area contributed by atoms with E-state index >= 15 is 0 Å². The van der Waals surface area contributed by atoms with Gasteiger partial charge in [-0.1, -0.05) is 24.3 Å². The Labute approximate surface area is 172 Å². The number of hydrogen-bond donors (Lipinski definition) is 1. The fourth-order valence-electron chi connectivity index (χ4n) is 3.02. The van der Waals surface area contributed by atoms with Gasteiger partial charge in [0.15, 0.2) is 5.82 Å². The van der Waals surface area contributed by atoms with Crippen molar-refractivity contribution in [2.45, 2.75) is 33.7 Å². The van der Waals surface area contributed by atoms with Gasteiger partial charge in [0.2, 0.25) is 0 Å². The van der Waals surface area contributed by atoms with Gasteiger partial charge >= 0.3 is 0 Å². The van der Waals surface area contributed by atoms with E-state index in [1.807, 2.05) is 57.8 Å². The van der Waals surface area contributed by atoms with Gasteiger partial charge in [-0.3, -0.25) is 9.67 Å². The summed E-state index contributed by atoms with van der Waals surface area (Å²) in [6.45, 7) is 9.01. The Morgan fingerprint density at radius 1 is 1.24 bits per heavy atom. The first-order valence-corrected chi connectivity index (χ1v) is 9.91. The van der Waals surface area contributed by atoms with E-state index in [2.05, 4.69) is 52.4 Å². The zero-order chi connectivity index (χ0) is 20.8. The monoisotopic (exact) mass is 388 g/mol. The molecule has 0 aliphatic rings. The maximum atomic E-state index is 4.84. The predicted octanol–water partition coefficient (Wildman–Crippen LogP) is 4.86. The summed E-state index contributed by atoms with van der Waals surface area (Å²) in [5, 5.41) is 7.72. The fraction of sp³-hybridized carbons (Fsp3) is 0.304. The highest BCUT2D eigenvalue weighted by Crippen LogP contribution is 2.29. The lowest BCUT2D eigenvalue weighted by Crippen LogP contribution is -2.13. The number of anilines is 1. The van der Waals surface area contributed by atoms with Gasteiger partial charge in [0.1, 0.15) is 5.82 Å². The molecule has 0 saturated carbocycles. The van der Waals surface area contributed by atoms with Crippen LogP contribution in [0.1, 0.15) is 33.3 Å². The Morgan fingerprint density at radius 3 is 2.72 bits per heavy atom. The third-order valence-electron chi connectivity index (χ3n) is 4.41. The van der Waals surface area contributed by atoms with Crippen LogP contribution in [-0.2, 0) is 7.05 Å². The smallest absolute Gasteiger partial charge is 0.161 e. The van der Waals surface area contributed by atoms with Gasteiger partial charge in [-0.2, -0.15) is 5.10 Å². The van der Waals surface area contributed by atoms with Gasteiger partial charge < -0.3 is 5.32 Å². The van der Waals surface area contributed by atoms with Crippen molar-refractivity contribution in [3.05, 3.63) is 54.5 Å². The highest BCUT2D eigenvalue weighted by molar-refractivity contribution is 6.09. The molecule has 1 N–H and O–H groups in total. The number of nitrogens with zero attached hydrogens (tertiary/aromatic N) is 5. The molecule has 3 rings (SSSR count). The van der Waals surface area contributed by atoms with Crippen molar-refractivity contribution in [1.29, 1.82) is 0 Å². The Bertz CT molecular complexity index is 1030. The highest BCUT2D eigenvalue weighted by Gasteiger charge is 2.13. The largest absolute Gasteiger partial charge is 0.367 e. The molecule has 0 radical (unpaired) electrons. The number of allylic oxidation sites excluding steroid dienone is 2. The summed E-state index contributed by atoms with van der Waals surface area (Å²) in [4.78, 5) is 13.9. The molecule has 29 heavy (non-hydrogen) atoms. The third kappa shape index (κ3) is 4.96. The molecule has 0 aliphatic heterocycles. The van der Waals surface area contributed by atoms with Gasteiger partial charge in [0.25, 0.3) is 0 Å². The maximum absolute atomic E-state index is 4.84. The van der Waals surface area contributed by atoms with Crippen LogP contribution in [0.15, 0.2) is 53.9 Å². The average molecular weight is 389 g/mol. The second-order valence-electron chi connectivity index (χ2n) is 7.11. The minimum Gasteiger partial charge on any atom is -0.367 e. The summed E-state index contributed by atoms with van der Waals surface area (Å²) in [5.74, 6) is 1.49. The lowest BCUT2D eigenvalue weighted by Gasteiger charge is -2.14. The molecule has 0 spiro atoms. The number of benzene rings is 1. The van der Waals surface area contributed by atoms with E-state index < -0.39 is 0 Å². The van der Waals surface area contributed by atoms with E-state index in [0.29, 0.717) is 5.82 Å². The van der Waals surface area contributed by atoms with Crippen molar-refractivity contribution in [3.8, 4) is 22.5 Å². The number of nitrogens with one attached hydrogen (secondary N) is 1. The summed E-state index contributed by atoms with van der Waals surface area (Å²) in [6.07, 6.45) is 9.64. The van der Waals surface area contributed by atoms with E-state index in [1.165, 1.54) is 0 Å². The summed E-state index contributed by atoms with van der Waals surface area (Å²) >= 11 is 0. The van der Waals surface area contributed by atoms with Gasteiger partial charge in [-0.25, -0.2) is 9.97 Å². The molecule has 3 aromatic rings. The highest BCUT2D eigenvalue weighted by atomic mass is 15.2. The Balaban J connectivity index is 2.03. The standard InChI is InChI=1S/C23H28N6/c1-6-17(12-24-7-2)18-9-8-10-19(11-18)22-25-14-21(20-13-26-29(5)15-20)23(28-22)27-16(3)4/h6,8-16H,7H2,1-5H3,(H,25,27,28)/b17-6+,24-12?. The SMILES string of the molecule is C/C=C(\C=NCC)c1cccc(-c2ncc(-c3cnn(C)c3)c(NC(C)C)n2)c1. The van der Waals surface area contributed by atoms with Crippen LogP contribution in [0.25, 0.3) is 28.1 Å². The van der Waals surface area contributed by atoms with Gasteiger partial charge in [0.05, 0.1) is 6.20 Å². The molecule has 1 aromatic carbocycles. The van der Waals surface area contributed by atoms with Crippen LogP contribution in [-0.4, -0.2) is 38.5 Å². The van der Waals surface area contributed by atoms with Crippen LogP contribution in [0.5, 0.6) is 0 Å². The van der Waals surface area contributed by atoms with E-state index in [4.69, 9.17) is 4.98 Å². The van der Waals surface area contributed by atoms with Gasteiger partial charge in [-0.15, -0.1) is 0 Å². The van der Waals surface area contributed by atoms with E-state index in [0.717, 1.165) is 40.2 Å². The number of aliphatic imine (C=N–C) groups is 1. The molecular weight excluding hydrogens is 360 g/mol. The zero-order valence-corrected chi connectivity index (χ0v) is 17.7. The lowest BCUT2D eigenvalue weighted by molar-refractivity contribution is 0.768. The zero-order valence-electron chi connectivity index (χ0n) is 17.7. The average Bonchev–Trinajstić information content (AvgIpc) is 3.14. The number of hydrogen-bond acceptors (Lipinski definition) is 5. The number of aromatic nitrogens is 4. The molecule has 0 saturated heterocycles. The molecule has 150 valence electrons.